The molecule has 0 aliphatic rings. The van der Waals surface area contributed by atoms with Gasteiger partial charge < -0.3 is 21.5 Å². The van der Waals surface area contributed by atoms with Crippen molar-refractivity contribution in [1.82, 2.24) is 5.32 Å². The van der Waals surface area contributed by atoms with Gasteiger partial charge in [-0.2, -0.15) is 8.42 Å². The summed E-state index contributed by atoms with van der Waals surface area (Å²) in [6.07, 6.45) is 0.715. The molecule has 12 heteroatoms. The second-order valence-corrected chi connectivity index (χ2v) is 11.8. The Balaban J connectivity index is 0.00000108. The zero-order chi connectivity index (χ0) is 31.1. The molecular weight excluding hydrogens is 548 g/mol. The number of hydrogen-bond donors (Lipinski definition) is 6. The van der Waals surface area contributed by atoms with Gasteiger partial charge in [-0.05, 0) is 65.9 Å². The predicted octanol–water partition coefficient (Wildman–Crippen LogP) is 4.26. The highest BCUT2D eigenvalue weighted by Crippen LogP contribution is 2.29. The third-order valence-corrected chi connectivity index (χ3v) is 6.07. The largest absolute Gasteiger partial charge is 0.478 e. The highest BCUT2D eigenvalue weighted by Gasteiger charge is 2.24. The minimum atomic E-state index is -3.67. The lowest BCUT2D eigenvalue weighted by atomic mass is 9.88. The fourth-order valence-corrected chi connectivity index (χ4v) is 3.44. The van der Waals surface area contributed by atoms with Gasteiger partial charge in [0.25, 0.3) is 21.9 Å². The molecule has 0 saturated carbocycles. The predicted molar refractivity (Wildman–Crippen MR) is 158 cm³/mol. The Labute approximate surface area is 239 Å². The molecule has 0 saturated heterocycles. The number of nitrogens with one attached hydrogen (secondary N) is 3. The Morgan fingerprint density at radius 1 is 0.878 bits per heavy atom. The average molecular weight is 583 g/mol. The van der Waals surface area contributed by atoms with Crippen LogP contribution in [-0.4, -0.2) is 54.0 Å². The molecule has 41 heavy (non-hydrogen) atoms. The summed E-state index contributed by atoms with van der Waals surface area (Å²) in [5.74, 6) is -2.09. The second kappa shape index (κ2) is 13.2. The van der Waals surface area contributed by atoms with Crippen LogP contribution in [0.15, 0.2) is 66.7 Å². The first-order chi connectivity index (χ1) is 18.9. The molecule has 0 bridgehead atoms. The van der Waals surface area contributed by atoms with Crippen LogP contribution in [0.3, 0.4) is 0 Å². The third-order valence-electron chi connectivity index (χ3n) is 6.07. The fourth-order valence-electron chi connectivity index (χ4n) is 3.44. The number of nitrogens with two attached hydrogens (primary N) is 1. The molecule has 1 unspecified atom stereocenters. The average Bonchev–Trinajstić information content (AvgIpc) is 2.87. The van der Waals surface area contributed by atoms with E-state index < -0.39 is 22.0 Å². The number of carbonyl (C=O) groups is 3. The van der Waals surface area contributed by atoms with Crippen molar-refractivity contribution in [2.24, 2.45) is 11.1 Å². The van der Waals surface area contributed by atoms with Gasteiger partial charge in [-0.1, -0.05) is 45.0 Å². The Kier molecular flexibility index (Phi) is 10.5. The first kappa shape index (κ1) is 32.7. The zero-order valence-corrected chi connectivity index (χ0v) is 24.2. The van der Waals surface area contributed by atoms with Gasteiger partial charge in [0.15, 0.2) is 0 Å². The van der Waals surface area contributed by atoms with E-state index in [4.69, 9.17) is 15.7 Å². The highest BCUT2D eigenvalue weighted by molar-refractivity contribution is 7.85. The van der Waals surface area contributed by atoms with Crippen molar-refractivity contribution in [2.75, 3.05) is 11.6 Å². The topological polar surface area (TPSA) is 200 Å². The molecule has 0 aliphatic heterocycles. The van der Waals surface area contributed by atoms with Crippen molar-refractivity contribution in [3.63, 3.8) is 0 Å². The van der Waals surface area contributed by atoms with Gasteiger partial charge in [-0.3, -0.25) is 19.6 Å². The number of benzene rings is 3. The molecule has 0 fully saturated rings. The van der Waals surface area contributed by atoms with E-state index in [0.717, 1.165) is 0 Å². The molecule has 218 valence electrons. The van der Waals surface area contributed by atoms with Crippen molar-refractivity contribution in [3.8, 4) is 11.1 Å². The Bertz CT molecular complexity index is 1550. The lowest BCUT2D eigenvalue weighted by Gasteiger charge is -2.28. The minimum Gasteiger partial charge on any atom is -0.478 e. The summed E-state index contributed by atoms with van der Waals surface area (Å²) in [4.78, 5) is 38.0. The van der Waals surface area contributed by atoms with Crippen molar-refractivity contribution >= 4 is 39.4 Å². The van der Waals surface area contributed by atoms with Crippen molar-refractivity contribution < 1.29 is 32.5 Å². The third kappa shape index (κ3) is 9.85. The Morgan fingerprint density at radius 3 is 1.90 bits per heavy atom. The number of anilines is 1. The van der Waals surface area contributed by atoms with Gasteiger partial charge in [0, 0.05) is 28.4 Å². The summed E-state index contributed by atoms with van der Waals surface area (Å²) in [6.45, 7) is 7.91. The van der Waals surface area contributed by atoms with E-state index in [0.29, 0.717) is 28.6 Å². The van der Waals surface area contributed by atoms with E-state index in [1.165, 1.54) is 6.07 Å². The van der Waals surface area contributed by atoms with Crippen LogP contribution >= 0.6 is 0 Å². The van der Waals surface area contributed by atoms with E-state index >= 15 is 0 Å². The molecule has 11 nitrogen and oxygen atoms in total. The van der Waals surface area contributed by atoms with Gasteiger partial charge >= 0.3 is 5.97 Å². The summed E-state index contributed by atoms with van der Waals surface area (Å²) in [6, 6.07) is 17.5. The second-order valence-electron chi connectivity index (χ2n) is 10.4. The van der Waals surface area contributed by atoms with E-state index in [1.54, 1.807) is 60.7 Å². The molecule has 7 N–H and O–H groups in total. The van der Waals surface area contributed by atoms with Crippen LogP contribution < -0.4 is 16.4 Å². The molecule has 2 amide bonds. The number of amides is 2. The van der Waals surface area contributed by atoms with Gasteiger partial charge in [-0.25, -0.2) is 4.79 Å². The number of carboxylic acids is 1. The molecule has 0 radical (unpaired) electrons. The van der Waals surface area contributed by atoms with Gasteiger partial charge in [0.2, 0.25) is 0 Å². The van der Waals surface area contributed by atoms with Crippen LogP contribution in [0.25, 0.3) is 11.1 Å². The van der Waals surface area contributed by atoms with Gasteiger partial charge in [-0.15, -0.1) is 0 Å². The van der Waals surface area contributed by atoms with Crippen molar-refractivity contribution in [1.29, 1.82) is 5.41 Å². The molecule has 1 atom stereocenters. The highest BCUT2D eigenvalue weighted by atomic mass is 32.2. The summed E-state index contributed by atoms with van der Waals surface area (Å²) < 4.78 is 25.9. The molecule has 0 heterocycles. The SMILES string of the molecule is CC(NC(=O)c1ccc(-c2ccccc2C(=O)Nc2ccc(C(=N)N)cc2)c(C(=O)O)c1)C(C)(C)C.CS(=O)(=O)O. The number of carboxylic acid groups (broad SMARTS) is 1. The summed E-state index contributed by atoms with van der Waals surface area (Å²) in [5, 5.41) is 23.1. The number of amidine groups is 1. The van der Waals surface area contributed by atoms with E-state index in [1.807, 2.05) is 27.7 Å². The smallest absolute Gasteiger partial charge is 0.336 e. The number of rotatable bonds is 7. The first-order valence-electron chi connectivity index (χ1n) is 12.3. The maximum atomic E-state index is 13.1. The Hall–Kier alpha value is -4.55. The first-order valence-corrected chi connectivity index (χ1v) is 14.2. The van der Waals surface area contributed by atoms with Crippen LogP contribution in [0, 0.1) is 10.8 Å². The zero-order valence-electron chi connectivity index (χ0n) is 23.3. The number of nitrogen functional groups attached to an aromatic ring is 1. The van der Waals surface area contributed by atoms with Gasteiger partial charge in [0.1, 0.15) is 5.84 Å². The van der Waals surface area contributed by atoms with Crippen LogP contribution in [0.5, 0.6) is 0 Å². The number of carbonyl (C=O) groups excluding carboxylic acids is 2. The van der Waals surface area contributed by atoms with E-state index in [-0.39, 0.29) is 39.9 Å². The number of hydrogen-bond acceptors (Lipinski definition) is 6. The van der Waals surface area contributed by atoms with Crippen LogP contribution in [-0.2, 0) is 10.1 Å². The molecule has 0 aliphatic carbocycles. The van der Waals surface area contributed by atoms with Crippen LogP contribution in [0.2, 0.25) is 0 Å². The van der Waals surface area contributed by atoms with Crippen LogP contribution in [0.4, 0.5) is 5.69 Å². The van der Waals surface area contributed by atoms with Crippen molar-refractivity contribution in [3.05, 3.63) is 89.0 Å². The fraction of sp³-hybridized carbons (Fsp3) is 0.241. The normalized spacial score (nSPS) is 11.9. The standard InChI is InChI=1S/C28H30N4O4.CH4O3S/c1-16(28(2,3)4)31-25(33)18-11-14-21(23(15-18)27(35)36)20-7-5-6-8-22(20)26(34)32-19-12-9-17(10-13-19)24(29)30;1-5(2,3)4/h5-16H,1-4H3,(H3,29,30)(H,31,33)(H,32,34)(H,35,36);1H3,(H,2,3,4). The monoisotopic (exact) mass is 582 g/mol. The number of aromatic carboxylic acids is 1. The van der Waals surface area contributed by atoms with Gasteiger partial charge in [0.05, 0.1) is 11.8 Å². The molecule has 3 aromatic rings. The quantitative estimate of drug-likeness (QED) is 0.135. The summed E-state index contributed by atoms with van der Waals surface area (Å²) in [5.41, 5.74) is 7.49. The summed E-state index contributed by atoms with van der Waals surface area (Å²) in [7, 11) is -3.67. The van der Waals surface area contributed by atoms with Crippen molar-refractivity contribution in [2.45, 2.75) is 33.7 Å². The molecular formula is C29H34N4O7S. The van der Waals surface area contributed by atoms with Crippen LogP contribution in [0.1, 0.15) is 64.3 Å². The maximum Gasteiger partial charge on any atom is 0.336 e. The lowest BCUT2D eigenvalue weighted by Crippen LogP contribution is -2.41. The minimum absolute atomic E-state index is 0.0792. The lowest BCUT2D eigenvalue weighted by molar-refractivity contribution is 0.0697. The summed E-state index contributed by atoms with van der Waals surface area (Å²) >= 11 is 0. The molecule has 3 aromatic carbocycles. The van der Waals surface area contributed by atoms with E-state index in [2.05, 4.69) is 10.6 Å². The maximum absolute atomic E-state index is 13.1. The molecule has 0 spiro atoms. The van der Waals surface area contributed by atoms with E-state index in [9.17, 15) is 27.9 Å². The molecule has 0 aromatic heterocycles. The Morgan fingerprint density at radius 2 is 1.39 bits per heavy atom. The molecule has 3 rings (SSSR count).